The van der Waals surface area contributed by atoms with Crippen LogP contribution in [0.25, 0.3) is 0 Å². The van der Waals surface area contributed by atoms with E-state index in [-0.39, 0.29) is 29.4 Å². The first-order valence-electron chi connectivity index (χ1n) is 10.5. The molecule has 0 saturated heterocycles. The van der Waals surface area contributed by atoms with E-state index in [0.29, 0.717) is 24.7 Å². The van der Waals surface area contributed by atoms with Gasteiger partial charge in [-0.25, -0.2) is 9.78 Å². The summed E-state index contributed by atoms with van der Waals surface area (Å²) in [5.41, 5.74) is 0.0184. The Morgan fingerprint density at radius 1 is 1.15 bits per heavy atom. The van der Waals surface area contributed by atoms with Crippen LogP contribution in [0.3, 0.4) is 0 Å². The fourth-order valence-corrected chi connectivity index (χ4v) is 5.18. The Morgan fingerprint density at radius 2 is 1.85 bits per heavy atom. The van der Waals surface area contributed by atoms with Crippen LogP contribution in [0.15, 0.2) is 0 Å². The van der Waals surface area contributed by atoms with E-state index in [9.17, 15) is 9.90 Å². The highest BCUT2D eigenvalue weighted by Crippen LogP contribution is 2.51. The molecule has 0 aromatic rings. The van der Waals surface area contributed by atoms with E-state index in [1.165, 1.54) is 6.42 Å². The molecular weight excluding hydrogens is 330 g/mol. The highest BCUT2D eigenvalue weighted by atomic mass is 17.2. The normalized spacial score (nSPS) is 40.4. The van der Waals surface area contributed by atoms with Crippen molar-refractivity contribution in [2.75, 3.05) is 0 Å². The Hall–Kier alpha value is -0.650. The standard InChI is InChI=1S/C21H37NO4/c1-14-9-15-11-16(10-14)21(24,12-15)26-25-18-7-5-17(6-8-18)22-19(23)13-20(2,3)4/h14-18,24H,5-13H2,1-4H3,(H,22,23). The lowest BCUT2D eigenvalue weighted by molar-refractivity contribution is -0.447. The lowest BCUT2D eigenvalue weighted by atomic mass is 9.81. The van der Waals surface area contributed by atoms with Gasteiger partial charge in [0.25, 0.3) is 0 Å². The van der Waals surface area contributed by atoms with Gasteiger partial charge in [0.05, 0.1) is 6.10 Å². The van der Waals surface area contributed by atoms with Crippen LogP contribution in [-0.4, -0.2) is 28.9 Å². The van der Waals surface area contributed by atoms with Crippen LogP contribution in [0.4, 0.5) is 0 Å². The first-order chi connectivity index (χ1) is 12.1. The highest BCUT2D eigenvalue weighted by molar-refractivity contribution is 5.76. The molecule has 5 nitrogen and oxygen atoms in total. The zero-order valence-corrected chi connectivity index (χ0v) is 16.9. The fraction of sp³-hybridized carbons (Fsp3) is 0.952. The lowest BCUT2D eigenvalue weighted by Crippen LogP contribution is -2.42. The number of amides is 1. The molecule has 3 rings (SSSR count). The smallest absolute Gasteiger partial charge is 0.220 e. The molecule has 3 aliphatic carbocycles. The summed E-state index contributed by atoms with van der Waals surface area (Å²) >= 11 is 0. The number of nitrogens with one attached hydrogen (secondary N) is 1. The van der Waals surface area contributed by atoms with Crippen LogP contribution < -0.4 is 5.32 Å². The summed E-state index contributed by atoms with van der Waals surface area (Å²) in [5, 5.41) is 14.0. The third-order valence-electron chi connectivity index (χ3n) is 6.32. The summed E-state index contributed by atoms with van der Waals surface area (Å²) in [5.74, 6) is 0.506. The molecule has 2 N–H and O–H groups in total. The molecule has 3 aliphatic rings. The van der Waals surface area contributed by atoms with Crippen molar-refractivity contribution >= 4 is 5.91 Å². The van der Waals surface area contributed by atoms with Crippen LogP contribution >= 0.6 is 0 Å². The second kappa shape index (κ2) is 7.76. The van der Waals surface area contributed by atoms with Crippen LogP contribution in [0.1, 0.15) is 85.5 Å². The Bertz CT molecular complexity index is 495. The van der Waals surface area contributed by atoms with Crippen LogP contribution in [-0.2, 0) is 14.6 Å². The molecule has 0 aromatic heterocycles. The molecule has 3 saturated carbocycles. The Labute approximate surface area is 158 Å². The van der Waals surface area contributed by atoms with Crippen molar-refractivity contribution in [1.29, 1.82) is 0 Å². The minimum Gasteiger partial charge on any atom is -0.363 e. The minimum absolute atomic E-state index is 0.0184. The molecule has 4 unspecified atom stereocenters. The molecule has 5 heteroatoms. The molecule has 0 aromatic carbocycles. The average molecular weight is 368 g/mol. The van der Waals surface area contributed by atoms with Crippen molar-refractivity contribution in [2.24, 2.45) is 23.2 Å². The topological polar surface area (TPSA) is 67.8 Å². The monoisotopic (exact) mass is 367 g/mol. The van der Waals surface area contributed by atoms with Crippen molar-refractivity contribution in [1.82, 2.24) is 5.32 Å². The van der Waals surface area contributed by atoms with Crippen molar-refractivity contribution in [3.8, 4) is 0 Å². The van der Waals surface area contributed by atoms with E-state index in [2.05, 4.69) is 33.0 Å². The van der Waals surface area contributed by atoms with Crippen molar-refractivity contribution < 1.29 is 19.7 Å². The van der Waals surface area contributed by atoms with E-state index in [1.54, 1.807) is 0 Å². The highest BCUT2D eigenvalue weighted by Gasteiger charge is 2.51. The minimum atomic E-state index is -1.09. The number of hydrogen-bond donors (Lipinski definition) is 2. The zero-order chi connectivity index (χ0) is 18.9. The molecule has 150 valence electrons. The predicted octanol–water partition coefficient (Wildman–Crippen LogP) is 3.94. The van der Waals surface area contributed by atoms with Crippen molar-refractivity contribution in [3.63, 3.8) is 0 Å². The van der Waals surface area contributed by atoms with Crippen LogP contribution in [0.2, 0.25) is 0 Å². The third-order valence-corrected chi connectivity index (χ3v) is 6.32. The third kappa shape index (κ3) is 5.20. The van der Waals surface area contributed by atoms with Gasteiger partial charge < -0.3 is 10.4 Å². The van der Waals surface area contributed by atoms with Crippen LogP contribution in [0, 0.1) is 23.2 Å². The predicted molar refractivity (Wildman–Crippen MR) is 100.0 cm³/mol. The van der Waals surface area contributed by atoms with Gasteiger partial charge in [-0.15, -0.1) is 0 Å². The molecule has 4 atom stereocenters. The van der Waals surface area contributed by atoms with Gasteiger partial charge in [-0.05, 0) is 62.2 Å². The second-order valence-corrected chi connectivity index (χ2v) is 10.4. The molecule has 0 spiro atoms. The molecule has 0 aliphatic heterocycles. The van der Waals surface area contributed by atoms with Gasteiger partial charge >= 0.3 is 0 Å². The number of aliphatic hydroxyl groups is 1. The molecule has 3 fully saturated rings. The summed E-state index contributed by atoms with van der Waals surface area (Å²) in [6.45, 7) is 8.51. The maximum Gasteiger partial charge on any atom is 0.220 e. The Morgan fingerprint density at radius 3 is 2.50 bits per heavy atom. The number of carbonyl (C=O) groups excluding carboxylic acids is 1. The molecular formula is C21H37NO4. The van der Waals surface area contributed by atoms with Crippen molar-refractivity contribution in [2.45, 2.75) is 103 Å². The molecule has 2 bridgehead atoms. The first kappa shape index (κ1) is 20.1. The molecule has 26 heavy (non-hydrogen) atoms. The summed E-state index contributed by atoms with van der Waals surface area (Å²) in [4.78, 5) is 23.4. The fourth-order valence-electron chi connectivity index (χ4n) is 5.18. The Kier molecular flexibility index (Phi) is 6.00. The maximum absolute atomic E-state index is 12.1. The summed E-state index contributed by atoms with van der Waals surface area (Å²) < 4.78 is 0. The van der Waals surface area contributed by atoms with Crippen molar-refractivity contribution in [3.05, 3.63) is 0 Å². The Balaban J connectivity index is 1.39. The summed E-state index contributed by atoms with van der Waals surface area (Å²) in [7, 11) is 0. The second-order valence-electron chi connectivity index (χ2n) is 10.4. The summed E-state index contributed by atoms with van der Waals surface area (Å²) in [6, 6.07) is 0.235. The number of rotatable bonds is 5. The van der Waals surface area contributed by atoms with Crippen LogP contribution in [0.5, 0.6) is 0 Å². The van der Waals surface area contributed by atoms with E-state index < -0.39 is 5.79 Å². The maximum atomic E-state index is 12.1. The van der Waals surface area contributed by atoms with E-state index >= 15 is 0 Å². The quantitative estimate of drug-likeness (QED) is 0.439. The SMILES string of the molecule is CC1CC2CC(C1)C(O)(OOC1CCC(NC(=O)CC(C)(C)C)CC1)C2. The van der Waals surface area contributed by atoms with E-state index in [1.807, 2.05) is 0 Å². The molecule has 0 heterocycles. The lowest BCUT2D eigenvalue weighted by Gasteiger charge is -2.34. The van der Waals surface area contributed by atoms with Gasteiger partial charge in [0.2, 0.25) is 11.7 Å². The number of fused-ring (bicyclic) bond motifs is 2. The zero-order valence-electron chi connectivity index (χ0n) is 16.9. The van der Waals surface area contributed by atoms with Gasteiger partial charge in [0.15, 0.2) is 0 Å². The average Bonchev–Trinajstić information content (AvgIpc) is 2.74. The van der Waals surface area contributed by atoms with Gasteiger partial charge in [-0.2, -0.15) is 0 Å². The van der Waals surface area contributed by atoms with E-state index in [4.69, 9.17) is 9.78 Å². The van der Waals surface area contributed by atoms with Gasteiger partial charge in [-0.1, -0.05) is 27.7 Å². The van der Waals surface area contributed by atoms with Gasteiger partial charge in [0.1, 0.15) is 0 Å². The number of hydrogen-bond acceptors (Lipinski definition) is 4. The van der Waals surface area contributed by atoms with Gasteiger partial charge in [0, 0.05) is 24.8 Å². The van der Waals surface area contributed by atoms with E-state index in [0.717, 1.165) is 38.5 Å². The molecule has 0 radical (unpaired) electrons. The van der Waals surface area contributed by atoms with Gasteiger partial charge in [-0.3, -0.25) is 4.79 Å². The largest absolute Gasteiger partial charge is 0.363 e. The number of carbonyl (C=O) groups is 1. The summed E-state index contributed by atoms with van der Waals surface area (Å²) in [6.07, 6.45) is 8.12. The molecule has 1 amide bonds. The first-order valence-corrected chi connectivity index (χ1v) is 10.5.